The lowest BCUT2D eigenvalue weighted by molar-refractivity contribution is -0.155. The second-order valence-electron chi connectivity index (χ2n) is 6.53. The van der Waals surface area contributed by atoms with Gasteiger partial charge in [-0.1, -0.05) is 41.0 Å². The lowest BCUT2D eigenvalue weighted by Gasteiger charge is -2.41. The van der Waals surface area contributed by atoms with Crippen molar-refractivity contribution >= 4 is 16.2 Å². The van der Waals surface area contributed by atoms with Gasteiger partial charge < -0.3 is 4.74 Å². The fourth-order valence-corrected chi connectivity index (χ4v) is 3.87. The molecule has 108 valence electrons. The number of hydrogen-bond acceptors (Lipinski definition) is 2. The van der Waals surface area contributed by atoms with Crippen molar-refractivity contribution in [3.05, 3.63) is 0 Å². The van der Waals surface area contributed by atoms with Gasteiger partial charge >= 0.3 is 5.97 Å². The van der Waals surface area contributed by atoms with E-state index in [0.29, 0.717) is 17.8 Å². The third-order valence-corrected chi connectivity index (χ3v) is 6.46. The number of rotatable bonds is 7. The Morgan fingerprint density at radius 1 is 1.17 bits per heavy atom. The Bertz CT molecular complexity index is 261. The lowest BCUT2D eigenvalue weighted by atomic mass is 9.73. The maximum absolute atomic E-state index is 12.6. The molecule has 0 aromatic carbocycles. The molecule has 0 aliphatic rings. The molecule has 18 heavy (non-hydrogen) atoms. The van der Waals surface area contributed by atoms with Gasteiger partial charge in [0.25, 0.3) is 0 Å². The highest BCUT2D eigenvalue weighted by atomic mass is 28.1. The van der Waals surface area contributed by atoms with E-state index < -0.39 is 0 Å². The van der Waals surface area contributed by atoms with Crippen molar-refractivity contribution in [1.29, 1.82) is 0 Å². The molecule has 2 atom stereocenters. The third-order valence-electron chi connectivity index (χ3n) is 4.16. The normalized spacial score (nSPS) is 17.2. The Hall–Kier alpha value is -0.313. The zero-order valence-electron chi connectivity index (χ0n) is 13.5. The summed E-state index contributed by atoms with van der Waals surface area (Å²) in [6.45, 7) is 14.9. The second-order valence-corrected chi connectivity index (χ2v) is 8.19. The summed E-state index contributed by atoms with van der Waals surface area (Å²) in [5, 5.41) is -0.242. The SMILES string of the molecule is CCCC(C(C)C)C([SiH3])(C(=O)OC(C)C)C(C)C. The van der Waals surface area contributed by atoms with Crippen molar-refractivity contribution in [2.45, 2.75) is 72.5 Å². The lowest BCUT2D eigenvalue weighted by Crippen LogP contribution is -2.41. The zero-order valence-corrected chi connectivity index (χ0v) is 15.5. The van der Waals surface area contributed by atoms with Crippen LogP contribution in [-0.4, -0.2) is 22.3 Å². The molecule has 2 unspecified atom stereocenters. The van der Waals surface area contributed by atoms with Gasteiger partial charge in [0.15, 0.2) is 0 Å². The van der Waals surface area contributed by atoms with E-state index in [4.69, 9.17) is 4.74 Å². The van der Waals surface area contributed by atoms with Crippen LogP contribution in [0.4, 0.5) is 0 Å². The second kappa shape index (κ2) is 7.32. The van der Waals surface area contributed by atoms with Crippen molar-refractivity contribution in [3.63, 3.8) is 0 Å². The molecule has 0 aromatic heterocycles. The maximum atomic E-state index is 12.6. The predicted molar refractivity (Wildman–Crippen MR) is 81.9 cm³/mol. The predicted octanol–water partition coefficient (Wildman–Crippen LogP) is 3.19. The number of hydrogen-bond donors (Lipinski definition) is 0. The molecule has 0 heterocycles. The molecule has 0 spiro atoms. The van der Waals surface area contributed by atoms with Gasteiger partial charge in [-0.25, -0.2) is 0 Å². The third kappa shape index (κ3) is 4.11. The van der Waals surface area contributed by atoms with Crippen LogP contribution in [0.2, 0.25) is 5.04 Å². The van der Waals surface area contributed by atoms with Crippen molar-refractivity contribution < 1.29 is 9.53 Å². The number of carbonyl (C=O) groups excluding carboxylic acids is 1. The molecule has 0 bridgehead atoms. The molecule has 0 aliphatic carbocycles. The van der Waals surface area contributed by atoms with Crippen LogP contribution in [0.15, 0.2) is 0 Å². The van der Waals surface area contributed by atoms with Gasteiger partial charge in [0, 0.05) is 10.2 Å². The fraction of sp³-hybridized carbons (Fsp3) is 0.933. The van der Waals surface area contributed by atoms with Gasteiger partial charge in [-0.15, -0.1) is 0 Å². The first-order valence-corrected chi connectivity index (χ1v) is 8.38. The first-order chi connectivity index (χ1) is 8.17. The molecule has 0 fully saturated rings. The summed E-state index contributed by atoms with van der Waals surface area (Å²) >= 11 is 0. The fourth-order valence-electron chi connectivity index (χ4n) is 2.79. The van der Waals surface area contributed by atoms with Crippen molar-refractivity contribution in [1.82, 2.24) is 0 Å². The summed E-state index contributed by atoms with van der Waals surface area (Å²) in [5.41, 5.74) is 0. The van der Waals surface area contributed by atoms with Crippen molar-refractivity contribution in [3.8, 4) is 0 Å². The molecule has 0 N–H and O–H groups in total. The number of carbonyl (C=O) groups is 1. The van der Waals surface area contributed by atoms with Gasteiger partial charge in [-0.2, -0.15) is 0 Å². The smallest absolute Gasteiger partial charge is 0.309 e. The van der Waals surface area contributed by atoms with Gasteiger partial charge in [0.05, 0.1) is 11.1 Å². The Morgan fingerprint density at radius 2 is 1.67 bits per heavy atom. The summed E-state index contributed by atoms with van der Waals surface area (Å²) < 4.78 is 5.55. The van der Waals surface area contributed by atoms with Crippen LogP contribution < -0.4 is 0 Å². The monoisotopic (exact) mass is 272 g/mol. The maximum Gasteiger partial charge on any atom is 0.309 e. The van der Waals surface area contributed by atoms with E-state index in [-0.39, 0.29) is 17.1 Å². The summed E-state index contributed by atoms with van der Waals surface area (Å²) in [6.07, 6.45) is 2.24. The average molecular weight is 273 g/mol. The van der Waals surface area contributed by atoms with Crippen LogP contribution in [0.5, 0.6) is 0 Å². The topological polar surface area (TPSA) is 26.3 Å². The summed E-state index contributed by atoms with van der Waals surface area (Å²) in [4.78, 5) is 12.6. The van der Waals surface area contributed by atoms with Gasteiger partial charge in [0.1, 0.15) is 0 Å². The van der Waals surface area contributed by atoms with Crippen LogP contribution in [0.25, 0.3) is 0 Å². The molecule has 0 saturated heterocycles. The van der Waals surface area contributed by atoms with Crippen molar-refractivity contribution in [2.24, 2.45) is 17.8 Å². The van der Waals surface area contributed by atoms with Crippen molar-refractivity contribution in [2.75, 3.05) is 0 Å². The molecular formula is C15H32O2Si. The molecule has 3 heteroatoms. The molecule has 0 amide bonds. The van der Waals surface area contributed by atoms with E-state index in [1.807, 2.05) is 13.8 Å². The minimum atomic E-state index is -0.242. The highest BCUT2D eigenvalue weighted by molar-refractivity contribution is 6.27. The molecule has 0 saturated carbocycles. The van der Waals surface area contributed by atoms with Crippen LogP contribution in [0.3, 0.4) is 0 Å². The Kier molecular flexibility index (Phi) is 7.19. The van der Waals surface area contributed by atoms with E-state index >= 15 is 0 Å². The van der Waals surface area contributed by atoms with Crippen LogP contribution in [0, 0.1) is 17.8 Å². The first-order valence-electron chi connectivity index (χ1n) is 7.38. The molecule has 2 nitrogen and oxygen atoms in total. The van der Waals surface area contributed by atoms with E-state index in [1.165, 1.54) is 0 Å². The molecule has 0 aromatic rings. The first kappa shape index (κ1) is 17.7. The molecular weight excluding hydrogens is 240 g/mol. The van der Waals surface area contributed by atoms with Gasteiger partial charge in [-0.05, 0) is 38.0 Å². The number of esters is 1. The highest BCUT2D eigenvalue weighted by Crippen LogP contribution is 2.47. The van der Waals surface area contributed by atoms with Crippen LogP contribution >= 0.6 is 0 Å². The summed E-state index contributed by atoms with van der Waals surface area (Å²) in [7, 11) is 0.863. The minimum absolute atomic E-state index is 0.0148. The van der Waals surface area contributed by atoms with E-state index in [9.17, 15) is 4.79 Å². The Labute approximate surface area is 116 Å². The van der Waals surface area contributed by atoms with E-state index in [2.05, 4.69) is 34.6 Å². The van der Waals surface area contributed by atoms with E-state index in [0.717, 1.165) is 23.1 Å². The highest BCUT2D eigenvalue weighted by Gasteiger charge is 2.45. The summed E-state index contributed by atoms with van der Waals surface area (Å²) in [6, 6.07) is 0. The average Bonchev–Trinajstić information content (AvgIpc) is 2.22. The molecule has 0 aliphatic heterocycles. The Balaban J connectivity index is 5.27. The van der Waals surface area contributed by atoms with Crippen LogP contribution in [-0.2, 0) is 9.53 Å². The standard InChI is InChI=1S/C15H32O2Si/c1-8-9-13(10(2)3)15(18,11(4)5)14(16)17-12(6)7/h10-13H,8-9H2,1-7,18H3. The molecule has 0 rings (SSSR count). The quantitative estimate of drug-likeness (QED) is 0.525. The zero-order chi connectivity index (χ0) is 14.5. The van der Waals surface area contributed by atoms with Crippen LogP contribution in [0.1, 0.15) is 61.3 Å². The number of ether oxygens (including phenoxy) is 1. The minimum Gasteiger partial charge on any atom is -0.463 e. The van der Waals surface area contributed by atoms with Gasteiger partial charge in [0.2, 0.25) is 0 Å². The summed E-state index contributed by atoms with van der Waals surface area (Å²) in [5.74, 6) is 1.37. The van der Waals surface area contributed by atoms with E-state index in [1.54, 1.807) is 0 Å². The largest absolute Gasteiger partial charge is 0.463 e. The van der Waals surface area contributed by atoms with Gasteiger partial charge in [-0.3, -0.25) is 4.79 Å². The Morgan fingerprint density at radius 3 is 1.94 bits per heavy atom. The molecule has 0 radical (unpaired) electrons.